The van der Waals surface area contributed by atoms with Crippen LogP contribution < -0.4 is 5.73 Å². The van der Waals surface area contributed by atoms with Crippen molar-refractivity contribution >= 4 is 5.97 Å². The Bertz CT molecular complexity index is 703. The molecule has 0 bridgehead atoms. The minimum atomic E-state index is -1.18. The van der Waals surface area contributed by atoms with Crippen molar-refractivity contribution in [2.75, 3.05) is 0 Å². The van der Waals surface area contributed by atoms with Gasteiger partial charge in [0.2, 0.25) is 0 Å². The predicted octanol–water partition coefficient (Wildman–Crippen LogP) is 4.29. The first-order valence-electron chi connectivity index (χ1n) is 8.64. The molecule has 2 aromatic rings. The van der Waals surface area contributed by atoms with Crippen molar-refractivity contribution in [3.05, 3.63) is 54.2 Å². The number of rotatable bonds is 5. The molecule has 0 radical (unpaired) electrons. The van der Waals surface area contributed by atoms with Crippen molar-refractivity contribution in [2.24, 2.45) is 11.1 Å². The van der Waals surface area contributed by atoms with E-state index in [0.717, 1.165) is 16.8 Å². The van der Waals surface area contributed by atoms with Crippen LogP contribution in [-0.2, 0) is 15.1 Å². The number of hydrogen-bond donors (Lipinski definition) is 1. The Labute approximate surface area is 150 Å². The van der Waals surface area contributed by atoms with E-state index in [9.17, 15) is 4.79 Å². The van der Waals surface area contributed by atoms with Crippen LogP contribution in [0.4, 0.5) is 0 Å². The van der Waals surface area contributed by atoms with Gasteiger partial charge in [-0.1, -0.05) is 51.1 Å². The zero-order valence-electron chi connectivity index (χ0n) is 15.7. The molecule has 134 valence electrons. The number of nitrogens with zero attached hydrogens (tertiary/aromatic N) is 1. The third kappa shape index (κ3) is 4.89. The average molecular weight is 340 g/mol. The maximum Gasteiger partial charge on any atom is 0.331 e. The van der Waals surface area contributed by atoms with Crippen molar-refractivity contribution in [3.8, 4) is 11.3 Å². The molecule has 4 nitrogen and oxygen atoms in total. The van der Waals surface area contributed by atoms with Crippen LogP contribution in [0.3, 0.4) is 0 Å². The molecule has 25 heavy (non-hydrogen) atoms. The van der Waals surface area contributed by atoms with Crippen LogP contribution in [0.2, 0.25) is 0 Å². The number of pyridine rings is 1. The summed E-state index contributed by atoms with van der Waals surface area (Å²) in [7, 11) is 0. The number of benzene rings is 1. The van der Waals surface area contributed by atoms with Crippen LogP contribution in [0.5, 0.6) is 0 Å². The zero-order valence-corrected chi connectivity index (χ0v) is 15.7. The van der Waals surface area contributed by atoms with E-state index in [-0.39, 0.29) is 17.5 Å². The highest BCUT2D eigenvalue weighted by Crippen LogP contribution is 2.35. The molecule has 4 heteroatoms. The Balaban J connectivity index is 2.38. The van der Waals surface area contributed by atoms with Gasteiger partial charge in [-0.25, -0.2) is 4.79 Å². The largest absolute Gasteiger partial charge is 0.461 e. The standard InChI is InChI=1S/C21H28N2O2/c1-15(2)25-19(24)21(22,14-20(3,4)5)17-11-9-16(10-12-17)18-8-6-7-13-23-18/h6-13,15H,14,22H2,1-5H3/t21-/m1/s1. The summed E-state index contributed by atoms with van der Waals surface area (Å²) in [5.41, 5.74) is 7.93. The average Bonchev–Trinajstić information content (AvgIpc) is 2.53. The summed E-state index contributed by atoms with van der Waals surface area (Å²) in [6.45, 7) is 9.87. The lowest BCUT2D eigenvalue weighted by molar-refractivity contribution is -0.156. The molecule has 0 saturated heterocycles. The Hall–Kier alpha value is -2.20. The van der Waals surface area contributed by atoms with Crippen LogP contribution in [-0.4, -0.2) is 17.1 Å². The molecule has 0 aliphatic heterocycles. The van der Waals surface area contributed by atoms with E-state index in [1.165, 1.54) is 0 Å². The van der Waals surface area contributed by atoms with Gasteiger partial charge in [0.15, 0.2) is 0 Å². The first kappa shape index (κ1) is 19.1. The molecule has 0 aliphatic carbocycles. The van der Waals surface area contributed by atoms with Gasteiger partial charge in [0.1, 0.15) is 5.54 Å². The molecule has 0 amide bonds. The summed E-state index contributed by atoms with van der Waals surface area (Å²) >= 11 is 0. The quantitative estimate of drug-likeness (QED) is 0.825. The Morgan fingerprint density at radius 3 is 2.24 bits per heavy atom. The van der Waals surface area contributed by atoms with E-state index in [2.05, 4.69) is 25.8 Å². The van der Waals surface area contributed by atoms with E-state index < -0.39 is 5.54 Å². The molecule has 2 rings (SSSR count). The normalized spacial score (nSPS) is 14.2. The smallest absolute Gasteiger partial charge is 0.331 e. The molecule has 0 aliphatic rings. The third-order valence-electron chi connectivity index (χ3n) is 3.88. The number of ether oxygens (including phenoxy) is 1. The Kier molecular flexibility index (Phi) is 5.63. The first-order chi connectivity index (χ1) is 11.6. The van der Waals surface area contributed by atoms with Crippen molar-refractivity contribution in [3.63, 3.8) is 0 Å². The maximum absolute atomic E-state index is 12.7. The summed E-state index contributed by atoms with van der Waals surface area (Å²) in [6.07, 6.45) is 2.05. The SMILES string of the molecule is CC(C)OC(=O)[C@@](N)(CC(C)(C)C)c1ccc(-c2ccccn2)cc1. The molecule has 1 atom stereocenters. The van der Waals surface area contributed by atoms with Crippen LogP contribution in [0.1, 0.15) is 46.6 Å². The van der Waals surface area contributed by atoms with Crippen LogP contribution in [0.25, 0.3) is 11.3 Å². The third-order valence-corrected chi connectivity index (χ3v) is 3.88. The molecule has 1 heterocycles. The van der Waals surface area contributed by atoms with Crippen molar-refractivity contribution in [1.82, 2.24) is 4.98 Å². The summed E-state index contributed by atoms with van der Waals surface area (Å²) < 4.78 is 5.45. The van der Waals surface area contributed by atoms with E-state index in [1.807, 2.05) is 56.3 Å². The maximum atomic E-state index is 12.7. The Morgan fingerprint density at radius 1 is 1.12 bits per heavy atom. The van der Waals surface area contributed by atoms with Crippen LogP contribution in [0, 0.1) is 5.41 Å². The molecule has 0 fully saturated rings. The van der Waals surface area contributed by atoms with Gasteiger partial charge >= 0.3 is 5.97 Å². The first-order valence-corrected chi connectivity index (χ1v) is 8.64. The zero-order chi connectivity index (χ0) is 18.7. The van der Waals surface area contributed by atoms with Crippen molar-refractivity contribution in [2.45, 2.75) is 52.7 Å². The molecular formula is C21H28N2O2. The second kappa shape index (κ2) is 7.36. The molecule has 0 spiro atoms. The minimum Gasteiger partial charge on any atom is -0.461 e. The summed E-state index contributed by atoms with van der Waals surface area (Å²) in [4.78, 5) is 17.1. The lowest BCUT2D eigenvalue weighted by Gasteiger charge is -2.34. The molecule has 0 unspecified atom stereocenters. The fourth-order valence-corrected chi connectivity index (χ4v) is 2.92. The lowest BCUT2D eigenvalue weighted by Crippen LogP contribution is -2.49. The molecule has 1 aromatic carbocycles. The van der Waals surface area contributed by atoms with Gasteiger partial charge in [0.05, 0.1) is 11.8 Å². The number of nitrogens with two attached hydrogens (primary N) is 1. The van der Waals surface area contributed by atoms with Gasteiger partial charge in [-0.2, -0.15) is 0 Å². The Morgan fingerprint density at radius 2 is 1.76 bits per heavy atom. The number of aromatic nitrogens is 1. The highest BCUT2D eigenvalue weighted by molar-refractivity contribution is 5.83. The number of hydrogen-bond acceptors (Lipinski definition) is 4. The van der Waals surface area contributed by atoms with Gasteiger partial charge in [-0.15, -0.1) is 0 Å². The molecule has 2 N–H and O–H groups in total. The number of esters is 1. The monoisotopic (exact) mass is 340 g/mol. The fourth-order valence-electron chi connectivity index (χ4n) is 2.92. The van der Waals surface area contributed by atoms with Crippen molar-refractivity contribution < 1.29 is 9.53 Å². The van der Waals surface area contributed by atoms with E-state index in [4.69, 9.17) is 10.5 Å². The summed E-state index contributed by atoms with van der Waals surface area (Å²) in [5.74, 6) is -0.386. The van der Waals surface area contributed by atoms with E-state index >= 15 is 0 Å². The van der Waals surface area contributed by atoms with Crippen molar-refractivity contribution in [1.29, 1.82) is 0 Å². The lowest BCUT2D eigenvalue weighted by atomic mass is 9.76. The minimum absolute atomic E-state index is 0.121. The second-order valence-corrected chi connectivity index (χ2v) is 7.96. The predicted molar refractivity (Wildman–Crippen MR) is 101 cm³/mol. The molecular weight excluding hydrogens is 312 g/mol. The van der Waals surface area contributed by atoms with Gasteiger partial charge < -0.3 is 10.5 Å². The molecule has 1 aromatic heterocycles. The van der Waals surface area contributed by atoms with E-state index in [1.54, 1.807) is 6.20 Å². The van der Waals surface area contributed by atoms with E-state index in [0.29, 0.717) is 6.42 Å². The topological polar surface area (TPSA) is 65.2 Å². The highest BCUT2D eigenvalue weighted by atomic mass is 16.5. The van der Waals surface area contributed by atoms with Gasteiger partial charge in [-0.3, -0.25) is 4.98 Å². The van der Waals surface area contributed by atoms with Crippen LogP contribution >= 0.6 is 0 Å². The van der Waals surface area contributed by atoms with Gasteiger partial charge in [0.25, 0.3) is 0 Å². The van der Waals surface area contributed by atoms with Crippen LogP contribution in [0.15, 0.2) is 48.7 Å². The van der Waals surface area contributed by atoms with Gasteiger partial charge in [-0.05, 0) is 43.4 Å². The number of carbonyl (C=O) groups is 1. The number of carbonyl (C=O) groups excluding carboxylic acids is 1. The summed E-state index contributed by atoms with van der Waals surface area (Å²) in [5, 5.41) is 0. The fraction of sp³-hybridized carbons (Fsp3) is 0.429. The highest BCUT2D eigenvalue weighted by Gasteiger charge is 2.41. The van der Waals surface area contributed by atoms with Gasteiger partial charge in [0, 0.05) is 11.8 Å². The second-order valence-electron chi connectivity index (χ2n) is 7.96. The summed E-state index contributed by atoms with van der Waals surface area (Å²) in [6, 6.07) is 13.5. The molecule has 0 saturated carbocycles.